The fourth-order valence-electron chi connectivity index (χ4n) is 1.57. The second kappa shape index (κ2) is 6.14. The Morgan fingerprint density at radius 2 is 2.11 bits per heavy atom. The first kappa shape index (κ1) is 14.2. The average Bonchev–Trinajstić information content (AvgIpc) is 2.34. The minimum atomic E-state index is -1.02. The van der Waals surface area contributed by atoms with Crippen LogP contribution in [0.3, 0.4) is 0 Å². The number of nitrogens with one attached hydrogen (secondary N) is 1. The van der Waals surface area contributed by atoms with E-state index in [1.165, 1.54) is 0 Å². The van der Waals surface area contributed by atoms with Gasteiger partial charge < -0.3 is 10.4 Å². The normalized spacial score (nSPS) is 13.7. The summed E-state index contributed by atoms with van der Waals surface area (Å²) in [4.78, 5) is 27.1. The Kier molecular flexibility index (Phi) is 4.83. The summed E-state index contributed by atoms with van der Waals surface area (Å²) >= 11 is 0. The van der Waals surface area contributed by atoms with E-state index >= 15 is 0 Å². The van der Waals surface area contributed by atoms with Gasteiger partial charge in [0.1, 0.15) is 11.7 Å². The van der Waals surface area contributed by atoms with Crippen LogP contribution in [0.5, 0.6) is 0 Å². The molecular weight excluding hydrogens is 232 g/mol. The molecule has 1 aromatic heterocycles. The molecule has 1 aromatic rings. The van der Waals surface area contributed by atoms with E-state index in [0.29, 0.717) is 6.42 Å². The first-order valence-electron chi connectivity index (χ1n) is 5.93. The summed E-state index contributed by atoms with van der Waals surface area (Å²) in [5.74, 6) is -1.60. The van der Waals surface area contributed by atoms with Gasteiger partial charge in [-0.1, -0.05) is 26.3 Å². The lowest BCUT2D eigenvalue weighted by molar-refractivity contribution is -0.140. The van der Waals surface area contributed by atoms with Crippen molar-refractivity contribution in [1.82, 2.24) is 10.3 Å². The first-order chi connectivity index (χ1) is 8.45. The third-order valence-electron chi connectivity index (χ3n) is 2.89. The van der Waals surface area contributed by atoms with Gasteiger partial charge in [0.2, 0.25) is 0 Å². The number of hydrogen-bond acceptors (Lipinski definition) is 3. The predicted molar refractivity (Wildman–Crippen MR) is 67.3 cm³/mol. The summed E-state index contributed by atoms with van der Waals surface area (Å²) in [7, 11) is 0. The largest absolute Gasteiger partial charge is 0.480 e. The van der Waals surface area contributed by atoms with Crippen molar-refractivity contribution in [3.8, 4) is 0 Å². The zero-order chi connectivity index (χ0) is 13.7. The molecule has 0 radical (unpaired) electrons. The molecule has 2 atom stereocenters. The van der Waals surface area contributed by atoms with E-state index in [2.05, 4.69) is 10.3 Å². The third kappa shape index (κ3) is 3.55. The molecule has 0 aliphatic rings. The van der Waals surface area contributed by atoms with Crippen molar-refractivity contribution < 1.29 is 14.7 Å². The number of amides is 1. The Balaban J connectivity index is 2.82. The Bertz CT molecular complexity index is 446. The van der Waals surface area contributed by atoms with Crippen LogP contribution in [0.2, 0.25) is 0 Å². The fraction of sp³-hybridized carbons (Fsp3) is 0.462. The molecular formula is C13H18N2O3. The number of pyridine rings is 1. The summed E-state index contributed by atoms with van der Waals surface area (Å²) in [6.45, 7) is 5.46. The highest BCUT2D eigenvalue weighted by Gasteiger charge is 2.26. The molecule has 18 heavy (non-hydrogen) atoms. The van der Waals surface area contributed by atoms with Gasteiger partial charge in [-0.05, 0) is 25.0 Å². The molecule has 1 amide bonds. The number of carboxylic acids is 1. The topological polar surface area (TPSA) is 79.3 Å². The molecule has 0 aliphatic heterocycles. The van der Waals surface area contributed by atoms with Gasteiger partial charge in [-0.2, -0.15) is 0 Å². The van der Waals surface area contributed by atoms with E-state index in [4.69, 9.17) is 5.11 Å². The molecule has 0 fully saturated rings. The van der Waals surface area contributed by atoms with Gasteiger partial charge in [0.15, 0.2) is 0 Å². The van der Waals surface area contributed by atoms with Crippen molar-refractivity contribution in [2.45, 2.75) is 33.2 Å². The lowest BCUT2D eigenvalue weighted by atomic mass is 9.99. The molecule has 5 heteroatoms. The van der Waals surface area contributed by atoms with Crippen molar-refractivity contribution in [2.75, 3.05) is 0 Å². The standard InChI is InChI=1S/C13H18N2O3/c1-4-8(2)11(13(17)18)15-12(16)10-7-5-6-9(3)14-10/h5-8,11H,4H2,1-3H3,(H,15,16)(H,17,18). The van der Waals surface area contributed by atoms with Gasteiger partial charge in [-0.3, -0.25) is 4.79 Å². The number of rotatable bonds is 5. The number of carboxylic acid groups (broad SMARTS) is 1. The van der Waals surface area contributed by atoms with Crippen LogP contribution in [0.4, 0.5) is 0 Å². The zero-order valence-electron chi connectivity index (χ0n) is 10.8. The van der Waals surface area contributed by atoms with Crippen molar-refractivity contribution in [3.63, 3.8) is 0 Å². The van der Waals surface area contributed by atoms with Gasteiger partial charge in [0.25, 0.3) is 5.91 Å². The van der Waals surface area contributed by atoms with E-state index < -0.39 is 17.9 Å². The molecule has 98 valence electrons. The molecule has 0 spiro atoms. The average molecular weight is 250 g/mol. The number of aromatic nitrogens is 1. The van der Waals surface area contributed by atoms with Gasteiger partial charge in [0, 0.05) is 5.69 Å². The van der Waals surface area contributed by atoms with Crippen LogP contribution < -0.4 is 5.32 Å². The molecule has 0 saturated carbocycles. The van der Waals surface area contributed by atoms with Crippen LogP contribution >= 0.6 is 0 Å². The summed E-state index contributed by atoms with van der Waals surface area (Å²) < 4.78 is 0. The monoisotopic (exact) mass is 250 g/mol. The summed E-state index contributed by atoms with van der Waals surface area (Å²) in [6.07, 6.45) is 0.679. The van der Waals surface area contributed by atoms with Crippen LogP contribution in [0.1, 0.15) is 36.5 Å². The molecule has 0 aromatic carbocycles. The van der Waals surface area contributed by atoms with Crippen molar-refractivity contribution in [1.29, 1.82) is 0 Å². The molecule has 0 aliphatic carbocycles. The predicted octanol–water partition coefficient (Wildman–Crippen LogP) is 1.62. The third-order valence-corrected chi connectivity index (χ3v) is 2.89. The fourth-order valence-corrected chi connectivity index (χ4v) is 1.57. The van der Waals surface area contributed by atoms with E-state index in [-0.39, 0.29) is 11.6 Å². The highest BCUT2D eigenvalue weighted by molar-refractivity contribution is 5.95. The minimum absolute atomic E-state index is 0.128. The summed E-state index contributed by atoms with van der Waals surface area (Å²) in [5.41, 5.74) is 0.961. The van der Waals surface area contributed by atoms with Gasteiger partial charge in [-0.25, -0.2) is 9.78 Å². The summed E-state index contributed by atoms with van der Waals surface area (Å²) in [6, 6.07) is 4.18. The lowest BCUT2D eigenvalue weighted by Gasteiger charge is -2.19. The van der Waals surface area contributed by atoms with E-state index in [0.717, 1.165) is 5.69 Å². The number of carbonyl (C=O) groups is 2. The smallest absolute Gasteiger partial charge is 0.326 e. The van der Waals surface area contributed by atoms with Crippen LogP contribution in [-0.4, -0.2) is 28.0 Å². The van der Waals surface area contributed by atoms with E-state index in [9.17, 15) is 9.59 Å². The molecule has 1 heterocycles. The maximum absolute atomic E-state index is 11.9. The Morgan fingerprint density at radius 3 is 2.61 bits per heavy atom. The quantitative estimate of drug-likeness (QED) is 0.832. The van der Waals surface area contributed by atoms with Gasteiger partial charge in [-0.15, -0.1) is 0 Å². The van der Waals surface area contributed by atoms with Gasteiger partial charge in [0.05, 0.1) is 0 Å². The van der Waals surface area contributed by atoms with Crippen molar-refractivity contribution in [2.24, 2.45) is 5.92 Å². The van der Waals surface area contributed by atoms with Gasteiger partial charge >= 0.3 is 5.97 Å². The minimum Gasteiger partial charge on any atom is -0.480 e. The highest BCUT2D eigenvalue weighted by Crippen LogP contribution is 2.09. The Labute approximate surface area is 106 Å². The maximum atomic E-state index is 11.9. The molecule has 5 nitrogen and oxygen atoms in total. The maximum Gasteiger partial charge on any atom is 0.326 e. The molecule has 1 rings (SSSR count). The summed E-state index contributed by atoms with van der Waals surface area (Å²) in [5, 5.41) is 11.6. The number of carbonyl (C=O) groups excluding carboxylic acids is 1. The van der Waals surface area contributed by atoms with Crippen LogP contribution in [0.25, 0.3) is 0 Å². The second-order valence-electron chi connectivity index (χ2n) is 4.34. The highest BCUT2D eigenvalue weighted by atomic mass is 16.4. The molecule has 2 N–H and O–H groups in total. The lowest BCUT2D eigenvalue weighted by Crippen LogP contribution is -2.45. The van der Waals surface area contributed by atoms with Crippen molar-refractivity contribution in [3.05, 3.63) is 29.6 Å². The number of aliphatic carboxylic acids is 1. The van der Waals surface area contributed by atoms with E-state index in [1.807, 2.05) is 6.92 Å². The van der Waals surface area contributed by atoms with E-state index in [1.54, 1.807) is 32.0 Å². The number of hydrogen-bond donors (Lipinski definition) is 2. The zero-order valence-corrected chi connectivity index (χ0v) is 10.8. The van der Waals surface area contributed by atoms with Crippen molar-refractivity contribution >= 4 is 11.9 Å². The van der Waals surface area contributed by atoms with Crippen LogP contribution in [0, 0.1) is 12.8 Å². The number of nitrogens with zero attached hydrogens (tertiary/aromatic N) is 1. The van der Waals surface area contributed by atoms with Crippen LogP contribution in [0.15, 0.2) is 18.2 Å². The molecule has 0 saturated heterocycles. The number of aryl methyl sites for hydroxylation is 1. The molecule has 2 unspecified atom stereocenters. The van der Waals surface area contributed by atoms with Crippen LogP contribution in [-0.2, 0) is 4.79 Å². The Hall–Kier alpha value is -1.91. The second-order valence-corrected chi connectivity index (χ2v) is 4.34. The Morgan fingerprint density at radius 1 is 1.44 bits per heavy atom. The first-order valence-corrected chi connectivity index (χ1v) is 5.93. The molecule has 0 bridgehead atoms. The SMILES string of the molecule is CCC(C)C(NC(=O)c1cccc(C)n1)C(=O)O.